The standard InChI is InChI=1S/C18H13N3O5S/c1-10-4-2-3-5-12(10)19-18-20-17(22)16(27-18)7-11-6-14-15(26-9-25-14)8-13(11)21(23)24/h2-8H,9H2,1H3,(H,19,20,22). The summed E-state index contributed by atoms with van der Waals surface area (Å²) in [5.74, 6) is 0.359. The van der Waals surface area contributed by atoms with Gasteiger partial charge in [-0.2, -0.15) is 0 Å². The number of ether oxygens (including phenoxy) is 2. The average Bonchev–Trinajstić information content (AvgIpc) is 3.22. The molecular formula is C18H13N3O5S. The van der Waals surface area contributed by atoms with Crippen molar-refractivity contribution in [2.75, 3.05) is 6.79 Å². The normalized spacial score (nSPS) is 18.2. The second kappa shape index (κ2) is 6.76. The summed E-state index contributed by atoms with van der Waals surface area (Å²) in [6, 6.07) is 10.3. The molecule has 8 nitrogen and oxygen atoms in total. The third-order valence-corrected chi connectivity index (χ3v) is 4.90. The lowest BCUT2D eigenvalue weighted by Gasteiger charge is -2.01. The van der Waals surface area contributed by atoms with E-state index in [9.17, 15) is 14.9 Å². The number of amides is 1. The Morgan fingerprint density at radius 1 is 1.26 bits per heavy atom. The summed E-state index contributed by atoms with van der Waals surface area (Å²) >= 11 is 1.13. The van der Waals surface area contributed by atoms with Crippen LogP contribution in [0.4, 0.5) is 11.4 Å². The molecule has 1 N–H and O–H groups in total. The fourth-order valence-electron chi connectivity index (χ4n) is 2.64. The summed E-state index contributed by atoms with van der Waals surface area (Å²) in [6.07, 6.45) is 1.46. The highest BCUT2D eigenvalue weighted by Gasteiger charge is 2.27. The summed E-state index contributed by atoms with van der Waals surface area (Å²) in [5.41, 5.74) is 1.82. The van der Waals surface area contributed by atoms with E-state index in [1.54, 1.807) is 0 Å². The molecule has 0 unspecified atom stereocenters. The predicted molar refractivity (Wildman–Crippen MR) is 101 cm³/mol. The van der Waals surface area contributed by atoms with Crippen LogP contribution in [0.25, 0.3) is 6.08 Å². The number of carbonyl (C=O) groups is 1. The summed E-state index contributed by atoms with van der Waals surface area (Å²) < 4.78 is 10.5. The van der Waals surface area contributed by atoms with Gasteiger partial charge in [-0.15, -0.1) is 0 Å². The van der Waals surface area contributed by atoms with E-state index in [0.29, 0.717) is 21.6 Å². The van der Waals surface area contributed by atoms with Crippen molar-refractivity contribution in [2.45, 2.75) is 6.92 Å². The van der Waals surface area contributed by atoms with Gasteiger partial charge in [0.2, 0.25) is 6.79 Å². The monoisotopic (exact) mass is 383 g/mol. The highest BCUT2D eigenvalue weighted by molar-refractivity contribution is 8.18. The minimum absolute atomic E-state index is 0.00891. The second-order valence-corrected chi connectivity index (χ2v) is 6.82. The molecule has 0 aromatic heterocycles. The average molecular weight is 383 g/mol. The van der Waals surface area contributed by atoms with Crippen molar-refractivity contribution in [3.63, 3.8) is 0 Å². The van der Waals surface area contributed by atoms with Crippen LogP contribution in [-0.2, 0) is 4.79 Å². The third kappa shape index (κ3) is 3.36. The summed E-state index contributed by atoms with van der Waals surface area (Å²) in [6.45, 7) is 1.93. The smallest absolute Gasteiger partial charge is 0.280 e. The Morgan fingerprint density at radius 3 is 2.74 bits per heavy atom. The molecular weight excluding hydrogens is 370 g/mol. The molecule has 2 aliphatic heterocycles. The molecule has 1 fully saturated rings. The maximum absolute atomic E-state index is 12.3. The van der Waals surface area contributed by atoms with Gasteiger partial charge in [0.15, 0.2) is 16.7 Å². The number of hydrogen-bond donors (Lipinski definition) is 1. The van der Waals surface area contributed by atoms with Gasteiger partial charge in [0.1, 0.15) is 0 Å². The zero-order valence-electron chi connectivity index (χ0n) is 14.1. The summed E-state index contributed by atoms with van der Waals surface area (Å²) in [7, 11) is 0. The Bertz CT molecular complexity index is 1030. The fraction of sp³-hybridized carbons (Fsp3) is 0.111. The number of nitro benzene ring substituents is 1. The zero-order chi connectivity index (χ0) is 19.0. The van der Waals surface area contributed by atoms with Crippen molar-refractivity contribution >= 4 is 40.3 Å². The first kappa shape index (κ1) is 17.1. The molecule has 0 aliphatic carbocycles. The second-order valence-electron chi connectivity index (χ2n) is 5.79. The lowest BCUT2D eigenvalue weighted by atomic mass is 10.1. The van der Waals surface area contributed by atoms with Crippen LogP contribution in [0.2, 0.25) is 0 Å². The molecule has 0 bridgehead atoms. The number of amidine groups is 1. The number of nitrogens with one attached hydrogen (secondary N) is 1. The Balaban J connectivity index is 1.68. The Kier molecular flexibility index (Phi) is 4.28. The Morgan fingerprint density at radius 2 is 2.00 bits per heavy atom. The molecule has 136 valence electrons. The Labute approximate surface area is 158 Å². The number of fused-ring (bicyclic) bond motifs is 1. The van der Waals surface area contributed by atoms with E-state index in [4.69, 9.17) is 9.47 Å². The lowest BCUT2D eigenvalue weighted by Crippen LogP contribution is -2.19. The number of carbonyl (C=O) groups excluding carboxylic acids is 1. The molecule has 0 spiro atoms. The van der Waals surface area contributed by atoms with Crippen molar-refractivity contribution in [1.29, 1.82) is 0 Å². The summed E-state index contributed by atoms with van der Waals surface area (Å²) in [4.78, 5) is 27.9. The molecule has 9 heteroatoms. The SMILES string of the molecule is Cc1ccccc1N=C1NC(=O)C(=Cc2cc3c(cc2[N+](=O)[O-])OCO3)S1. The van der Waals surface area contributed by atoms with Gasteiger partial charge in [0.05, 0.1) is 27.1 Å². The van der Waals surface area contributed by atoms with E-state index in [-0.39, 0.29) is 24.0 Å². The molecule has 2 aromatic rings. The van der Waals surface area contributed by atoms with Gasteiger partial charge < -0.3 is 14.8 Å². The zero-order valence-corrected chi connectivity index (χ0v) is 14.9. The molecule has 0 atom stereocenters. The van der Waals surface area contributed by atoms with Gasteiger partial charge in [0, 0.05) is 0 Å². The van der Waals surface area contributed by atoms with Crippen LogP contribution >= 0.6 is 11.8 Å². The number of rotatable bonds is 3. The molecule has 4 rings (SSSR count). The van der Waals surface area contributed by atoms with E-state index in [0.717, 1.165) is 23.0 Å². The number of benzene rings is 2. The molecule has 27 heavy (non-hydrogen) atoms. The van der Waals surface area contributed by atoms with E-state index < -0.39 is 4.92 Å². The predicted octanol–water partition coefficient (Wildman–Crippen LogP) is 3.52. The van der Waals surface area contributed by atoms with Gasteiger partial charge >= 0.3 is 0 Å². The van der Waals surface area contributed by atoms with Crippen LogP contribution in [0.15, 0.2) is 46.3 Å². The van der Waals surface area contributed by atoms with Crippen LogP contribution < -0.4 is 14.8 Å². The number of para-hydroxylation sites is 1. The maximum Gasteiger partial charge on any atom is 0.280 e. The van der Waals surface area contributed by atoms with E-state index in [1.807, 2.05) is 31.2 Å². The van der Waals surface area contributed by atoms with Crippen molar-refractivity contribution in [3.8, 4) is 11.5 Å². The van der Waals surface area contributed by atoms with Crippen LogP contribution in [-0.4, -0.2) is 22.8 Å². The first-order valence-electron chi connectivity index (χ1n) is 7.94. The van der Waals surface area contributed by atoms with E-state index in [1.165, 1.54) is 18.2 Å². The first-order valence-corrected chi connectivity index (χ1v) is 8.76. The molecule has 1 amide bonds. The number of nitro groups is 1. The van der Waals surface area contributed by atoms with E-state index >= 15 is 0 Å². The molecule has 2 aliphatic rings. The number of hydrogen-bond acceptors (Lipinski definition) is 7. The van der Waals surface area contributed by atoms with Crippen molar-refractivity contribution in [2.24, 2.45) is 4.99 Å². The van der Waals surface area contributed by atoms with Crippen molar-refractivity contribution in [3.05, 3.63) is 62.5 Å². The van der Waals surface area contributed by atoms with Gasteiger partial charge in [-0.05, 0) is 42.5 Å². The minimum atomic E-state index is -0.520. The van der Waals surface area contributed by atoms with Crippen molar-refractivity contribution < 1.29 is 19.2 Å². The van der Waals surface area contributed by atoms with Crippen LogP contribution in [0.5, 0.6) is 11.5 Å². The molecule has 2 heterocycles. The lowest BCUT2D eigenvalue weighted by molar-refractivity contribution is -0.385. The number of aryl methyl sites for hydroxylation is 1. The first-order chi connectivity index (χ1) is 13.0. The molecule has 0 saturated carbocycles. The topological polar surface area (TPSA) is 103 Å². The number of aliphatic imine (C=N–C) groups is 1. The number of nitrogens with zero attached hydrogens (tertiary/aromatic N) is 2. The minimum Gasteiger partial charge on any atom is -0.454 e. The van der Waals surface area contributed by atoms with Gasteiger partial charge in [-0.3, -0.25) is 14.9 Å². The molecule has 1 saturated heterocycles. The quantitative estimate of drug-likeness (QED) is 0.494. The number of thioether (sulfide) groups is 1. The van der Waals surface area contributed by atoms with Crippen LogP contribution in [0, 0.1) is 17.0 Å². The largest absolute Gasteiger partial charge is 0.454 e. The van der Waals surface area contributed by atoms with Gasteiger partial charge in [-0.1, -0.05) is 18.2 Å². The highest BCUT2D eigenvalue weighted by atomic mass is 32.2. The molecule has 2 aromatic carbocycles. The molecule has 0 radical (unpaired) electrons. The fourth-order valence-corrected chi connectivity index (χ4v) is 3.47. The maximum atomic E-state index is 12.3. The third-order valence-electron chi connectivity index (χ3n) is 3.99. The highest BCUT2D eigenvalue weighted by Crippen LogP contribution is 2.40. The van der Waals surface area contributed by atoms with Crippen LogP contribution in [0.3, 0.4) is 0 Å². The Hall–Kier alpha value is -3.33. The van der Waals surface area contributed by atoms with Gasteiger partial charge in [-0.25, -0.2) is 4.99 Å². The van der Waals surface area contributed by atoms with E-state index in [2.05, 4.69) is 10.3 Å². The van der Waals surface area contributed by atoms with Crippen molar-refractivity contribution in [1.82, 2.24) is 5.32 Å². The summed E-state index contributed by atoms with van der Waals surface area (Å²) in [5, 5.41) is 14.5. The van der Waals surface area contributed by atoms with Crippen LogP contribution in [0.1, 0.15) is 11.1 Å². The van der Waals surface area contributed by atoms with Gasteiger partial charge in [0.25, 0.3) is 11.6 Å².